The van der Waals surface area contributed by atoms with Gasteiger partial charge in [0.05, 0.1) is 6.04 Å². The molecule has 0 aliphatic heterocycles. The third-order valence-corrected chi connectivity index (χ3v) is 5.31. The SMILES string of the molecule is CCC(CC)(CCO)CNC(=O)c1ccn(C2CCCC2)n1. The largest absolute Gasteiger partial charge is 0.396 e. The highest BCUT2D eigenvalue weighted by Gasteiger charge is 2.27. The lowest BCUT2D eigenvalue weighted by atomic mass is 9.79. The Morgan fingerprint density at radius 3 is 2.68 bits per heavy atom. The van der Waals surface area contributed by atoms with Crippen molar-refractivity contribution in [3.05, 3.63) is 18.0 Å². The molecule has 1 heterocycles. The van der Waals surface area contributed by atoms with Crippen LogP contribution in [0.2, 0.25) is 0 Å². The van der Waals surface area contributed by atoms with E-state index >= 15 is 0 Å². The van der Waals surface area contributed by atoms with Crippen molar-refractivity contribution in [2.45, 2.75) is 64.8 Å². The van der Waals surface area contributed by atoms with Crippen LogP contribution in [0.3, 0.4) is 0 Å². The molecule has 2 N–H and O–H groups in total. The van der Waals surface area contributed by atoms with Crippen LogP contribution in [0.1, 0.15) is 75.3 Å². The lowest BCUT2D eigenvalue weighted by Gasteiger charge is -2.31. The molecule has 1 saturated carbocycles. The Morgan fingerprint density at radius 1 is 1.41 bits per heavy atom. The van der Waals surface area contributed by atoms with Crippen molar-refractivity contribution in [1.82, 2.24) is 15.1 Å². The minimum atomic E-state index is -0.110. The predicted octanol–water partition coefficient (Wildman–Crippen LogP) is 2.92. The van der Waals surface area contributed by atoms with Gasteiger partial charge >= 0.3 is 0 Å². The average Bonchev–Trinajstić information content (AvgIpc) is 3.21. The molecule has 1 aromatic heterocycles. The minimum Gasteiger partial charge on any atom is -0.396 e. The number of carbonyl (C=O) groups excluding carboxylic acids is 1. The summed E-state index contributed by atoms with van der Waals surface area (Å²) in [4.78, 5) is 12.3. The van der Waals surface area contributed by atoms with Crippen LogP contribution >= 0.6 is 0 Å². The van der Waals surface area contributed by atoms with Gasteiger partial charge in [-0.2, -0.15) is 5.10 Å². The molecule has 22 heavy (non-hydrogen) atoms. The molecule has 1 amide bonds. The van der Waals surface area contributed by atoms with Crippen LogP contribution in [0.25, 0.3) is 0 Å². The Balaban J connectivity index is 1.94. The van der Waals surface area contributed by atoms with Gasteiger partial charge in [0.1, 0.15) is 5.69 Å². The first-order valence-electron chi connectivity index (χ1n) is 8.58. The van der Waals surface area contributed by atoms with Crippen LogP contribution in [0, 0.1) is 5.41 Å². The van der Waals surface area contributed by atoms with Gasteiger partial charge in [0.15, 0.2) is 0 Å². The molecule has 0 radical (unpaired) electrons. The van der Waals surface area contributed by atoms with E-state index in [0.717, 1.165) is 32.1 Å². The van der Waals surface area contributed by atoms with Crippen LogP contribution in [0.5, 0.6) is 0 Å². The Morgan fingerprint density at radius 2 is 2.09 bits per heavy atom. The Labute approximate surface area is 133 Å². The van der Waals surface area contributed by atoms with E-state index in [1.165, 1.54) is 12.8 Å². The lowest BCUT2D eigenvalue weighted by molar-refractivity contribution is 0.0901. The van der Waals surface area contributed by atoms with E-state index in [2.05, 4.69) is 24.3 Å². The number of amides is 1. The van der Waals surface area contributed by atoms with Crippen molar-refractivity contribution in [2.24, 2.45) is 5.41 Å². The van der Waals surface area contributed by atoms with Crippen LogP contribution in [0.4, 0.5) is 0 Å². The normalized spacial score (nSPS) is 16.1. The molecule has 5 heteroatoms. The molecule has 2 rings (SSSR count). The lowest BCUT2D eigenvalue weighted by Crippen LogP contribution is -2.37. The molecule has 5 nitrogen and oxygen atoms in total. The number of aromatic nitrogens is 2. The molecule has 1 aromatic rings. The molecule has 0 spiro atoms. The van der Waals surface area contributed by atoms with E-state index in [-0.39, 0.29) is 17.9 Å². The molecule has 1 aliphatic rings. The van der Waals surface area contributed by atoms with Gasteiger partial charge in [0.25, 0.3) is 5.91 Å². The Hall–Kier alpha value is -1.36. The van der Waals surface area contributed by atoms with Gasteiger partial charge in [-0.05, 0) is 43.6 Å². The average molecular weight is 307 g/mol. The molecular weight excluding hydrogens is 278 g/mol. The highest BCUT2D eigenvalue weighted by Crippen LogP contribution is 2.30. The van der Waals surface area contributed by atoms with Crippen LogP contribution < -0.4 is 5.32 Å². The molecule has 0 atom stereocenters. The fourth-order valence-electron chi connectivity index (χ4n) is 3.37. The number of nitrogens with one attached hydrogen (secondary N) is 1. The maximum Gasteiger partial charge on any atom is 0.271 e. The van der Waals surface area contributed by atoms with E-state index < -0.39 is 0 Å². The smallest absolute Gasteiger partial charge is 0.271 e. The fourth-order valence-corrected chi connectivity index (χ4v) is 3.37. The van der Waals surface area contributed by atoms with E-state index in [0.29, 0.717) is 18.3 Å². The quantitative estimate of drug-likeness (QED) is 0.776. The zero-order valence-corrected chi connectivity index (χ0v) is 13.8. The summed E-state index contributed by atoms with van der Waals surface area (Å²) in [7, 11) is 0. The summed E-state index contributed by atoms with van der Waals surface area (Å²) < 4.78 is 1.95. The van der Waals surface area contributed by atoms with E-state index in [4.69, 9.17) is 0 Å². The monoisotopic (exact) mass is 307 g/mol. The maximum atomic E-state index is 12.3. The summed E-state index contributed by atoms with van der Waals surface area (Å²) in [6, 6.07) is 2.26. The molecule has 1 fully saturated rings. The van der Waals surface area contributed by atoms with E-state index in [1.54, 1.807) is 6.07 Å². The van der Waals surface area contributed by atoms with Gasteiger partial charge in [-0.3, -0.25) is 9.48 Å². The van der Waals surface area contributed by atoms with E-state index in [9.17, 15) is 9.90 Å². The number of aliphatic hydroxyl groups excluding tert-OH is 1. The van der Waals surface area contributed by atoms with Crippen molar-refractivity contribution in [3.8, 4) is 0 Å². The summed E-state index contributed by atoms with van der Waals surface area (Å²) in [6.45, 7) is 4.98. The molecule has 0 unspecified atom stereocenters. The molecular formula is C17H29N3O2. The predicted molar refractivity (Wildman–Crippen MR) is 86.8 cm³/mol. The summed E-state index contributed by atoms with van der Waals surface area (Å²) in [6.07, 6.45) is 9.36. The molecule has 0 bridgehead atoms. The van der Waals surface area contributed by atoms with Gasteiger partial charge in [-0.25, -0.2) is 0 Å². The molecule has 1 aliphatic carbocycles. The molecule has 0 saturated heterocycles. The summed E-state index contributed by atoms with van der Waals surface area (Å²) in [5.41, 5.74) is 0.482. The van der Waals surface area contributed by atoms with Crippen molar-refractivity contribution in [2.75, 3.05) is 13.2 Å². The Bertz CT molecular complexity index is 474. The standard InChI is InChI=1S/C17H29N3O2/c1-3-17(4-2,10-12-21)13-18-16(22)15-9-11-20(19-15)14-7-5-6-8-14/h9,11,14,21H,3-8,10,12-13H2,1-2H3,(H,18,22). The number of hydrogen-bond donors (Lipinski definition) is 2. The van der Waals surface area contributed by atoms with E-state index in [1.807, 2.05) is 10.9 Å². The third kappa shape index (κ3) is 3.88. The van der Waals surface area contributed by atoms with Crippen molar-refractivity contribution >= 4 is 5.91 Å². The van der Waals surface area contributed by atoms with Gasteiger partial charge in [-0.1, -0.05) is 26.7 Å². The van der Waals surface area contributed by atoms with Crippen molar-refractivity contribution in [1.29, 1.82) is 0 Å². The van der Waals surface area contributed by atoms with Crippen LogP contribution in [-0.4, -0.2) is 33.9 Å². The fraction of sp³-hybridized carbons (Fsp3) is 0.765. The number of carbonyl (C=O) groups is 1. The second-order valence-corrected chi connectivity index (χ2v) is 6.48. The summed E-state index contributed by atoms with van der Waals surface area (Å²) in [5, 5.41) is 16.7. The second-order valence-electron chi connectivity index (χ2n) is 6.48. The highest BCUT2D eigenvalue weighted by atomic mass is 16.3. The summed E-state index contributed by atoms with van der Waals surface area (Å²) in [5.74, 6) is -0.110. The van der Waals surface area contributed by atoms with Gasteiger partial charge < -0.3 is 10.4 Å². The molecule has 0 aromatic carbocycles. The first kappa shape index (κ1) is 17.0. The number of rotatable bonds is 8. The number of aliphatic hydroxyl groups is 1. The minimum absolute atomic E-state index is 0.0154. The second kappa shape index (κ2) is 7.77. The summed E-state index contributed by atoms with van der Waals surface area (Å²) >= 11 is 0. The zero-order valence-electron chi connectivity index (χ0n) is 13.8. The van der Waals surface area contributed by atoms with Gasteiger partial charge in [0.2, 0.25) is 0 Å². The van der Waals surface area contributed by atoms with Crippen LogP contribution in [-0.2, 0) is 0 Å². The molecule has 124 valence electrons. The first-order valence-corrected chi connectivity index (χ1v) is 8.58. The maximum absolute atomic E-state index is 12.3. The number of hydrogen-bond acceptors (Lipinski definition) is 3. The van der Waals surface area contributed by atoms with Gasteiger partial charge in [-0.15, -0.1) is 0 Å². The highest BCUT2D eigenvalue weighted by molar-refractivity contribution is 5.92. The van der Waals surface area contributed by atoms with Crippen molar-refractivity contribution < 1.29 is 9.90 Å². The Kier molecular flexibility index (Phi) is 6.00. The number of nitrogens with zero attached hydrogens (tertiary/aromatic N) is 2. The topological polar surface area (TPSA) is 67.2 Å². The third-order valence-electron chi connectivity index (χ3n) is 5.31. The van der Waals surface area contributed by atoms with Crippen LogP contribution in [0.15, 0.2) is 12.3 Å². The zero-order chi connectivity index (χ0) is 16.0. The van der Waals surface area contributed by atoms with Gasteiger partial charge in [0, 0.05) is 19.3 Å². The van der Waals surface area contributed by atoms with Crippen molar-refractivity contribution in [3.63, 3.8) is 0 Å². The first-order chi connectivity index (χ1) is 10.6.